The third-order valence-corrected chi connectivity index (χ3v) is 11.2. The second-order valence-electron chi connectivity index (χ2n) is 11.8. The Labute approximate surface area is 183 Å². The number of hydrogen-bond acceptors (Lipinski definition) is 6. The van der Waals surface area contributed by atoms with E-state index in [4.69, 9.17) is 18.6 Å². The molecule has 0 unspecified atom stereocenters. The molecule has 2 rings (SSSR count). The predicted octanol–water partition coefficient (Wildman–Crippen LogP) is 5.35. The summed E-state index contributed by atoms with van der Waals surface area (Å²) in [6.45, 7) is 20.0. The first kappa shape index (κ1) is 25.3. The molecule has 2 fully saturated rings. The van der Waals surface area contributed by atoms with Crippen molar-refractivity contribution in [2.45, 2.75) is 129 Å². The van der Waals surface area contributed by atoms with E-state index in [9.17, 15) is 9.59 Å². The van der Waals surface area contributed by atoms with E-state index >= 15 is 0 Å². The molecular weight excluding hydrogens is 400 g/mol. The smallest absolute Gasteiger partial charge is 0.316 e. The second-order valence-corrected chi connectivity index (χ2v) is 16.6. The molecule has 0 aromatic heterocycles. The van der Waals surface area contributed by atoms with Crippen LogP contribution in [0.2, 0.25) is 18.1 Å². The van der Waals surface area contributed by atoms with Gasteiger partial charge in [-0.15, -0.1) is 0 Å². The molecule has 6 nitrogen and oxygen atoms in total. The van der Waals surface area contributed by atoms with Crippen molar-refractivity contribution in [1.29, 1.82) is 0 Å². The van der Waals surface area contributed by atoms with Gasteiger partial charge in [-0.05, 0) is 71.5 Å². The summed E-state index contributed by atoms with van der Waals surface area (Å²) >= 11 is 0. The lowest BCUT2D eigenvalue weighted by molar-refractivity contribution is -0.317. The van der Waals surface area contributed by atoms with E-state index in [2.05, 4.69) is 33.9 Å². The standard InChI is InChI=1S/C23H42O6Si/c1-16(24)26-23-15-17(28-30(9,10)21(5,6)7)11-13-22(8,29-23)14-12-18(23)19(25)27-20(2,3)4/h17-18H,11-15H2,1-10H3/t17-,18-,22-,23+/m0/s1. The minimum Gasteiger partial charge on any atom is -0.460 e. The molecule has 2 aliphatic rings. The van der Waals surface area contributed by atoms with Gasteiger partial charge in [0.2, 0.25) is 5.79 Å². The summed E-state index contributed by atoms with van der Waals surface area (Å²) in [5.41, 5.74) is -1.09. The molecule has 0 spiro atoms. The van der Waals surface area contributed by atoms with Gasteiger partial charge in [-0.25, -0.2) is 0 Å². The van der Waals surface area contributed by atoms with Crippen molar-refractivity contribution >= 4 is 20.3 Å². The van der Waals surface area contributed by atoms with Crippen molar-refractivity contribution in [1.82, 2.24) is 0 Å². The van der Waals surface area contributed by atoms with Crippen LogP contribution in [0, 0.1) is 5.92 Å². The molecule has 0 amide bonds. The Kier molecular flexibility index (Phi) is 6.93. The van der Waals surface area contributed by atoms with Crippen molar-refractivity contribution in [2.24, 2.45) is 5.92 Å². The first-order chi connectivity index (χ1) is 13.4. The average molecular weight is 443 g/mol. The zero-order valence-corrected chi connectivity index (χ0v) is 21.6. The molecule has 174 valence electrons. The number of carbonyl (C=O) groups excluding carboxylic acids is 2. The van der Waals surface area contributed by atoms with Gasteiger partial charge in [-0.1, -0.05) is 20.8 Å². The summed E-state index contributed by atoms with van der Waals surface area (Å²) in [6, 6.07) is 0. The van der Waals surface area contributed by atoms with E-state index in [1.54, 1.807) is 0 Å². The molecule has 0 saturated carbocycles. The first-order valence-electron chi connectivity index (χ1n) is 11.2. The van der Waals surface area contributed by atoms with Crippen LogP contribution in [0.5, 0.6) is 0 Å². The van der Waals surface area contributed by atoms with Crippen LogP contribution in [0.4, 0.5) is 0 Å². The van der Waals surface area contributed by atoms with E-state index in [0.29, 0.717) is 19.3 Å². The van der Waals surface area contributed by atoms with Crippen LogP contribution in [-0.4, -0.2) is 43.3 Å². The van der Waals surface area contributed by atoms with E-state index < -0.39 is 37.2 Å². The Hall–Kier alpha value is -0.923. The maximum atomic E-state index is 13.1. The fraction of sp³-hybridized carbons (Fsp3) is 0.913. The molecule has 0 aromatic rings. The van der Waals surface area contributed by atoms with Crippen LogP contribution in [0.25, 0.3) is 0 Å². The van der Waals surface area contributed by atoms with Gasteiger partial charge < -0.3 is 18.6 Å². The number of esters is 2. The fourth-order valence-electron chi connectivity index (χ4n) is 4.20. The molecule has 0 N–H and O–H groups in total. The van der Waals surface area contributed by atoms with Gasteiger partial charge in [0.25, 0.3) is 0 Å². The molecule has 0 aromatic carbocycles. The number of ether oxygens (including phenoxy) is 3. The van der Waals surface area contributed by atoms with E-state index in [1.165, 1.54) is 6.92 Å². The lowest BCUT2D eigenvalue weighted by atomic mass is 9.82. The minimum atomic E-state index is -2.06. The maximum absolute atomic E-state index is 13.1. The summed E-state index contributed by atoms with van der Waals surface area (Å²) in [6.07, 6.45) is 3.09. The van der Waals surface area contributed by atoms with Crippen molar-refractivity contribution in [3.8, 4) is 0 Å². The van der Waals surface area contributed by atoms with Gasteiger partial charge >= 0.3 is 11.9 Å². The first-order valence-corrected chi connectivity index (χ1v) is 14.1. The van der Waals surface area contributed by atoms with Gasteiger partial charge in [-0.2, -0.15) is 0 Å². The molecule has 2 saturated heterocycles. The Bertz CT molecular complexity index is 662. The van der Waals surface area contributed by atoms with E-state index in [0.717, 1.165) is 12.8 Å². The molecule has 4 atom stereocenters. The number of hydrogen-bond donors (Lipinski definition) is 0. The molecule has 2 aliphatic heterocycles. The summed E-state index contributed by atoms with van der Waals surface area (Å²) < 4.78 is 24.8. The second kappa shape index (κ2) is 8.21. The van der Waals surface area contributed by atoms with Gasteiger partial charge in [-0.3, -0.25) is 9.59 Å². The summed E-state index contributed by atoms with van der Waals surface area (Å²) in [4.78, 5) is 25.3. The van der Waals surface area contributed by atoms with Crippen molar-refractivity contribution in [2.75, 3.05) is 0 Å². The van der Waals surface area contributed by atoms with Crippen LogP contribution >= 0.6 is 0 Å². The van der Waals surface area contributed by atoms with Crippen LogP contribution in [0.1, 0.15) is 87.5 Å². The van der Waals surface area contributed by atoms with Gasteiger partial charge in [0, 0.05) is 13.3 Å². The summed E-state index contributed by atoms with van der Waals surface area (Å²) in [5, 5.41) is 0.0539. The highest BCUT2D eigenvalue weighted by Crippen LogP contribution is 2.50. The van der Waals surface area contributed by atoms with Gasteiger partial charge in [0.05, 0.1) is 11.7 Å². The number of carbonyl (C=O) groups is 2. The van der Waals surface area contributed by atoms with Gasteiger partial charge in [0.15, 0.2) is 8.32 Å². The van der Waals surface area contributed by atoms with Crippen LogP contribution in [0.3, 0.4) is 0 Å². The number of rotatable bonds is 4. The zero-order valence-electron chi connectivity index (χ0n) is 20.6. The van der Waals surface area contributed by atoms with Crippen molar-refractivity contribution < 1.29 is 28.2 Å². The minimum absolute atomic E-state index is 0.0539. The fourth-order valence-corrected chi connectivity index (χ4v) is 5.58. The SMILES string of the molecule is CC(=O)O[C@@]12C[C@@H](O[Si](C)(C)C(C)(C)C)CC[C@@](C)(CC[C@H]1C(=O)OC(C)(C)C)O2. The molecular formula is C23H42O6Si. The average Bonchev–Trinajstić information content (AvgIpc) is 2.57. The van der Waals surface area contributed by atoms with E-state index in [1.807, 2.05) is 27.7 Å². The highest BCUT2D eigenvalue weighted by Gasteiger charge is 2.59. The summed E-state index contributed by atoms with van der Waals surface area (Å²) in [5.74, 6) is -2.86. The molecule has 2 heterocycles. The van der Waals surface area contributed by atoms with Crippen molar-refractivity contribution in [3.05, 3.63) is 0 Å². The molecule has 30 heavy (non-hydrogen) atoms. The highest BCUT2D eigenvalue weighted by molar-refractivity contribution is 6.74. The third kappa shape index (κ3) is 5.86. The predicted molar refractivity (Wildman–Crippen MR) is 118 cm³/mol. The maximum Gasteiger partial charge on any atom is 0.316 e. The summed E-state index contributed by atoms with van der Waals surface area (Å²) in [7, 11) is -2.06. The number of fused-ring (bicyclic) bond motifs is 2. The largest absolute Gasteiger partial charge is 0.460 e. The van der Waals surface area contributed by atoms with Crippen LogP contribution in [0.15, 0.2) is 0 Å². The normalized spacial score (nSPS) is 32.9. The molecule has 0 aliphatic carbocycles. The van der Waals surface area contributed by atoms with Crippen LogP contribution in [-0.2, 0) is 28.2 Å². The molecule has 2 bridgehead atoms. The Balaban J connectivity index is 2.42. The monoisotopic (exact) mass is 442 g/mol. The van der Waals surface area contributed by atoms with Crippen molar-refractivity contribution in [3.63, 3.8) is 0 Å². The highest BCUT2D eigenvalue weighted by atomic mass is 28.4. The quantitative estimate of drug-likeness (QED) is 0.432. The van der Waals surface area contributed by atoms with Crippen LogP contribution < -0.4 is 0 Å². The topological polar surface area (TPSA) is 71.1 Å². The zero-order chi connectivity index (χ0) is 23.2. The lowest BCUT2D eigenvalue weighted by Crippen LogP contribution is -2.58. The Morgan fingerprint density at radius 2 is 1.60 bits per heavy atom. The molecule has 0 radical (unpaired) electrons. The Morgan fingerprint density at radius 1 is 1.03 bits per heavy atom. The van der Waals surface area contributed by atoms with Gasteiger partial charge in [0.1, 0.15) is 11.5 Å². The third-order valence-electron chi connectivity index (χ3n) is 6.69. The Morgan fingerprint density at radius 3 is 2.10 bits per heavy atom. The lowest BCUT2D eigenvalue weighted by Gasteiger charge is -2.48. The molecule has 7 heteroatoms. The van der Waals surface area contributed by atoms with E-state index in [-0.39, 0.29) is 17.1 Å².